The normalized spacial score (nSPS) is 26.1. The summed E-state index contributed by atoms with van der Waals surface area (Å²) in [6.45, 7) is 1.99. The fourth-order valence-corrected chi connectivity index (χ4v) is 2.79. The molecule has 1 saturated carbocycles. The lowest BCUT2D eigenvalue weighted by molar-refractivity contribution is 0.213. The molecule has 1 aromatic rings. The van der Waals surface area contributed by atoms with Crippen LogP contribution in [0.4, 0.5) is 0 Å². The number of rotatable bonds is 3. The van der Waals surface area contributed by atoms with Gasteiger partial charge in [-0.25, -0.2) is 0 Å². The van der Waals surface area contributed by atoms with Crippen LogP contribution in [0.5, 0.6) is 0 Å². The molecule has 0 radical (unpaired) electrons. The summed E-state index contributed by atoms with van der Waals surface area (Å²) in [6, 6.07) is 0.264. The van der Waals surface area contributed by atoms with Crippen LogP contribution in [0, 0.1) is 6.92 Å². The van der Waals surface area contributed by atoms with E-state index in [0.717, 1.165) is 24.7 Å². The van der Waals surface area contributed by atoms with Gasteiger partial charge in [0.15, 0.2) is 0 Å². The first-order chi connectivity index (χ1) is 7.44. The highest BCUT2D eigenvalue weighted by atomic mass is 32.2. The van der Waals surface area contributed by atoms with Crippen molar-refractivity contribution in [1.29, 1.82) is 0 Å². The average Bonchev–Trinajstić information content (AvgIpc) is 2.71. The third kappa shape index (κ3) is 2.82. The van der Waals surface area contributed by atoms with Gasteiger partial charge in [-0.2, -0.15) is 13.5 Å². The number of nitrogens with zero attached hydrogens (tertiary/aromatic N) is 2. The molecule has 0 aliphatic heterocycles. The van der Waals surface area contributed by atoms with Crippen molar-refractivity contribution in [2.75, 3.05) is 6.26 Å². The maximum Gasteiger partial charge on any atom is 0.264 e. The van der Waals surface area contributed by atoms with Crippen molar-refractivity contribution in [3.8, 4) is 0 Å². The van der Waals surface area contributed by atoms with Crippen LogP contribution < -0.4 is 0 Å². The molecule has 0 bridgehead atoms. The van der Waals surface area contributed by atoms with Crippen molar-refractivity contribution in [2.45, 2.75) is 38.3 Å². The molecule has 90 valence electrons. The molecule has 1 aliphatic rings. The number of aryl methyl sites for hydroxylation is 1. The Labute approximate surface area is 95.5 Å². The van der Waals surface area contributed by atoms with Gasteiger partial charge in [0, 0.05) is 6.20 Å². The minimum atomic E-state index is -3.34. The average molecular weight is 244 g/mol. The first-order valence-corrected chi connectivity index (χ1v) is 7.15. The van der Waals surface area contributed by atoms with Gasteiger partial charge in [-0.05, 0) is 31.7 Å². The van der Waals surface area contributed by atoms with Crippen molar-refractivity contribution in [1.82, 2.24) is 9.78 Å². The zero-order chi connectivity index (χ0) is 11.8. The quantitative estimate of drug-likeness (QED) is 0.751. The molecule has 0 saturated heterocycles. The molecular weight excluding hydrogens is 228 g/mol. The van der Waals surface area contributed by atoms with E-state index in [9.17, 15) is 8.42 Å². The lowest BCUT2D eigenvalue weighted by Gasteiger charge is -2.11. The van der Waals surface area contributed by atoms with E-state index in [1.54, 1.807) is 0 Å². The van der Waals surface area contributed by atoms with E-state index in [1.165, 1.54) is 0 Å². The number of aromatic nitrogens is 2. The molecule has 0 amide bonds. The monoisotopic (exact) mass is 244 g/mol. The van der Waals surface area contributed by atoms with Crippen LogP contribution in [0.15, 0.2) is 12.4 Å². The second-order valence-corrected chi connectivity index (χ2v) is 5.99. The van der Waals surface area contributed by atoms with Crippen LogP contribution >= 0.6 is 0 Å². The summed E-state index contributed by atoms with van der Waals surface area (Å²) >= 11 is 0. The SMILES string of the molecule is Cc1cnn(C2CCC(OS(C)(=O)=O)C2)c1. The van der Waals surface area contributed by atoms with Crippen LogP contribution in [-0.4, -0.2) is 30.6 Å². The fraction of sp³-hybridized carbons (Fsp3) is 0.700. The van der Waals surface area contributed by atoms with Gasteiger partial charge >= 0.3 is 0 Å². The van der Waals surface area contributed by atoms with Gasteiger partial charge in [0.1, 0.15) is 0 Å². The molecule has 16 heavy (non-hydrogen) atoms. The van der Waals surface area contributed by atoms with Crippen LogP contribution in [-0.2, 0) is 14.3 Å². The van der Waals surface area contributed by atoms with Gasteiger partial charge in [-0.15, -0.1) is 0 Å². The fourth-order valence-electron chi connectivity index (χ4n) is 2.13. The summed E-state index contributed by atoms with van der Waals surface area (Å²) in [6.07, 6.45) is 7.10. The predicted octanol–water partition coefficient (Wildman–Crippen LogP) is 1.26. The maximum atomic E-state index is 11.0. The Morgan fingerprint density at radius 1 is 1.50 bits per heavy atom. The molecule has 2 rings (SSSR count). The molecule has 0 N–H and O–H groups in total. The summed E-state index contributed by atoms with van der Waals surface area (Å²) in [5, 5.41) is 4.24. The topological polar surface area (TPSA) is 61.2 Å². The summed E-state index contributed by atoms with van der Waals surface area (Å²) in [4.78, 5) is 0. The summed E-state index contributed by atoms with van der Waals surface area (Å²) < 4.78 is 28.9. The largest absolute Gasteiger partial charge is 0.269 e. The van der Waals surface area contributed by atoms with E-state index in [0.29, 0.717) is 6.42 Å². The standard InChI is InChI=1S/C10H16N2O3S/c1-8-6-11-12(7-8)9-3-4-10(5-9)15-16(2,13)14/h6-7,9-10H,3-5H2,1-2H3. The van der Waals surface area contributed by atoms with E-state index < -0.39 is 10.1 Å². The van der Waals surface area contributed by atoms with Crippen molar-refractivity contribution in [2.24, 2.45) is 0 Å². The lowest BCUT2D eigenvalue weighted by atomic mass is 10.2. The molecule has 2 unspecified atom stereocenters. The molecule has 0 aromatic carbocycles. The molecule has 1 aliphatic carbocycles. The number of hydrogen-bond acceptors (Lipinski definition) is 4. The van der Waals surface area contributed by atoms with Crippen LogP contribution in [0.25, 0.3) is 0 Å². The molecule has 0 spiro atoms. The minimum absolute atomic E-state index is 0.190. The van der Waals surface area contributed by atoms with E-state index in [4.69, 9.17) is 4.18 Å². The first-order valence-electron chi connectivity index (χ1n) is 5.33. The molecule has 2 atom stereocenters. The van der Waals surface area contributed by atoms with Gasteiger partial charge < -0.3 is 0 Å². The van der Waals surface area contributed by atoms with E-state index >= 15 is 0 Å². The highest BCUT2D eigenvalue weighted by molar-refractivity contribution is 7.86. The van der Waals surface area contributed by atoms with Gasteiger partial charge in [-0.1, -0.05) is 0 Å². The molecular formula is C10H16N2O3S. The molecule has 1 heterocycles. The second-order valence-electron chi connectivity index (χ2n) is 4.39. The van der Waals surface area contributed by atoms with E-state index in [2.05, 4.69) is 5.10 Å². The Hall–Kier alpha value is -0.880. The van der Waals surface area contributed by atoms with Gasteiger partial charge in [0.05, 0.1) is 24.6 Å². The summed E-state index contributed by atoms with van der Waals surface area (Å²) in [5.41, 5.74) is 1.12. The van der Waals surface area contributed by atoms with Crippen LogP contribution in [0.2, 0.25) is 0 Å². The zero-order valence-corrected chi connectivity index (χ0v) is 10.3. The van der Waals surface area contributed by atoms with Crippen molar-refractivity contribution in [3.05, 3.63) is 18.0 Å². The highest BCUT2D eigenvalue weighted by Gasteiger charge is 2.29. The van der Waals surface area contributed by atoms with Crippen LogP contribution in [0.3, 0.4) is 0 Å². The minimum Gasteiger partial charge on any atom is -0.269 e. The smallest absolute Gasteiger partial charge is 0.264 e. The van der Waals surface area contributed by atoms with E-state index in [-0.39, 0.29) is 12.1 Å². The molecule has 1 fully saturated rings. The molecule has 6 heteroatoms. The van der Waals surface area contributed by atoms with Gasteiger partial charge in [0.2, 0.25) is 0 Å². The second kappa shape index (κ2) is 4.18. The van der Waals surface area contributed by atoms with E-state index in [1.807, 2.05) is 24.0 Å². The summed E-state index contributed by atoms with van der Waals surface area (Å²) in [7, 11) is -3.34. The highest BCUT2D eigenvalue weighted by Crippen LogP contribution is 2.32. The Balaban J connectivity index is 1.98. The number of hydrogen-bond donors (Lipinski definition) is 0. The van der Waals surface area contributed by atoms with Crippen LogP contribution in [0.1, 0.15) is 30.9 Å². The van der Waals surface area contributed by atoms with Gasteiger partial charge in [-0.3, -0.25) is 8.86 Å². The first kappa shape index (κ1) is 11.6. The van der Waals surface area contributed by atoms with Gasteiger partial charge in [0.25, 0.3) is 10.1 Å². The van der Waals surface area contributed by atoms with Crippen molar-refractivity contribution >= 4 is 10.1 Å². The Kier molecular flexibility index (Phi) is 3.03. The predicted molar refractivity (Wildman–Crippen MR) is 59.6 cm³/mol. The zero-order valence-electron chi connectivity index (χ0n) is 9.46. The molecule has 5 nitrogen and oxygen atoms in total. The Morgan fingerprint density at radius 2 is 2.25 bits per heavy atom. The Morgan fingerprint density at radius 3 is 2.81 bits per heavy atom. The Bertz CT molecular complexity index is 466. The van der Waals surface area contributed by atoms with Crippen molar-refractivity contribution in [3.63, 3.8) is 0 Å². The van der Waals surface area contributed by atoms with Crippen molar-refractivity contribution < 1.29 is 12.6 Å². The maximum absolute atomic E-state index is 11.0. The lowest BCUT2D eigenvalue weighted by Crippen LogP contribution is -2.15. The summed E-state index contributed by atoms with van der Waals surface area (Å²) in [5.74, 6) is 0. The third-order valence-corrected chi connectivity index (χ3v) is 3.39. The molecule has 1 aromatic heterocycles. The third-order valence-electron chi connectivity index (χ3n) is 2.77.